The zero-order valence-corrected chi connectivity index (χ0v) is 10.1. The fourth-order valence-electron chi connectivity index (χ4n) is 1.07. The summed E-state index contributed by atoms with van der Waals surface area (Å²) in [5.41, 5.74) is 6.48. The highest BCUT2D eigenvalue weighted by Gasteiger charge is 2.03. The van der Waals surface area contributed by atoms with Gasteiger partial charge in [0.05, 0.1) is 0 Å². The van der Waals surface area contributed by atoms with Crippen molar-refractivity contribution in [3.63, 3.8) is 0 Å². The Balaban J connectivity index is 2.20. The van der Waals surface area contributed by atoms with Gasteiger partial charge in [-0.1, -0.05) is 29.4 Å². The maximum Gasteiger partial charge on any atom is 0.174 e. The van der Waals surface area contributed by atoms with E-state index in [1.54, 1.807) is 18.1 Å². The van der Waals surface area contributed by atoms with Crippen LogP contribution in [-0.4, -0.2) is 9.36 Å². The van der Waals surface area contributed by atoms with Gasteiger partial charge in [-0.3, -0.25) is 0 Å². The van der Waals surface area contributed by atoms with E-state index in [-0.39, 0.29) is 0 Å². The van der Waals surface area contributed by atoms with Crippen LogP contribution >= 0.6 is 34.9 Å². The van der Waals surface area contributed by atoms with Crippen LogP contribution in [-0.2, 0) is 6.54 Å². The van der Waals surface area contributed by atoms with Crippen molar-refractivity contribution >= 4 is 34.9 Å². The monoisotopic (exact) mass is 257 g/mol. The maximum atomic E-state index is 6.04. The van der Waals surface area contributed by atoms with Gasteiger partial charge in [-0.2, -0.15) is 4.37 Å². The Morgan fingerprint density at radius 1 is 1.47 bits per heavy atom. The van der Waals surface area contributed by atoms with E-state index in [1.807, 2.05) is 18.2 Å². The lowest BCUT2D eigenvalue weighted by molar-refractivity contribution is 1.07. The van der Waals surface area contributed by atoms with Crippen LogP contribution in [0.15, 0.2) is 33.8 Å². The van der Waals surface area contributed by atoms with Crippen LogP contribution in [0.25, 0.3) is 0 Å². The van der Waals surface area contributed by atoms with Gasteiger partial charge >= 0.3 is 0 Å². The Labute approximate surface area is 101 Å². The van der Waals surface area contributed by atoms with Gasteiger partial charge in [0.1, 0.15) is 6.33 Å². The first-order chi connectivity index (χ1) is 7.29. The first-order valence-electron chi connectivity index (χ1n) is 4.22. The average Bonchev–Trinajstić information content (AvgIpc) is 2.71. The molecule has 0 aliphatic carbocycles. The molecular formula is C9H8ClN3S2. The molecule has 0 atom stereocenters. The number of halogens is 1. The molecule has 1 aromatic heterocycles. The van der Waals surface area contributed by atoms with Crippen LogP contribution in [0.3, 0.4) is 0 Å². The number of rotatable bonds is 3. The number of benzene rings is 1. The normalized spacial score (nSPS) is 10.5. The molecule has 1 aromatic carbocycles. The Hall–Kier alpha value is -0.620. The Bertz CT molecular complexity index is 445. The van der Waals surface area contributed by atoms with Gasteiger partial charge in [0, 0.05) is 16.5 Å². The number of hydrogen-bond donors (Lipinski definition) is 1. The standard InChI is InChI=1S/C9H8ClN3S2/c10-8-3-7(2-1-6(8)4-11)14-9-12-5-13-15-9/h1-3,5H,4,11H2. The summed E-state index contributed by atoms with van der Waals surface area (Å²) in [4.78, 5) is 5.14. The predicted octanol–water partition coefficient (Wildman–Crippen LogP) is 2.80. The third-order valence-electron chi connectivity index (χ3n) is 1.79. The van der Waals surface area contributed by atoms with Crippen LogP contribution in [0.4, 0.5) is 0 Å². The molecule has 0 saturated carbocycles. The summed E-state index contributed by atoms with van der Waals surface area (Å²) in [6, 6.07) is 5.82. The molecule has 0 aliphatic rings. The Morgan fingerprint density at radius 3 is 2.93 bits per heavy atom. The first kappa shape index (κ1) is 10.9. The number of nitrogens with two attached hydrogens (primary N) is 1. The van der Waals surface area contributed by atoms with Crippen molar-refractivity contribution in [3.05, 3.63) is 35.1 Å². The van der Waals surface area contributed by atoms with Gasteiger partial charge in [-0.05, 0) is 29.2 Å². The molecule has 0 amide bonds. The predicted molar refractivity (Wildman–Crippen MR) is 63.4 cm³/mol. The molecule has 0 radical (unpaired) electrons. The molecule has 2 rings (SSSR count). The molecule has 15 heavy (non-hydrogen) atoms. The van der Waals surface area contributed by atoms with E-state index in [4.69, 9.17) is 17.3 Å². The lowest BCUT2D eigenvalue weighted by atomic mass is 10.2. The van der Waals surface area contributed by atoms with Crippen molar-refractivity contribution in [2.45, 2.75) is 15.8 Å². The largest absolute Gasteiger partial charge is 0.326 e. The smallest absolute Gasteiger partial charge is 0.174 e. The molecule has 0 saturated heterocycles. The molecule has 0 unspecified atom stereocenters. The minimum absolute atomic E-state index is 0.461. The highest BCUT2D eigenvalue weighted by molar-refractivity contribution is 8.01. The van der Waals surface area contributed by atoms with Gasteiger partial charge in [0.15, 0.2) is 4.34 Å². The molecule has 0 aliphatic heterocycles. The fourth-order valence-corrected chi connectivity index (χ4v) is 2.85. The second-order valence-electron chi connectivity index (χ2n) is 2.77. The van der Waals surface area contributed by atoms with Crippen molar-refractivity contribution in [3.8, 4) is 0 Å². The molecule has 0 fully saturated rings. The molecule has 1 heterocycles. The minimum Gasteiger partial charge on any atom is -0.326 e. The summed E-state index contributed by atoms with van der Waals surface area (Å²) in [5.74, 6) is 0. The maximum absolute atomic E-state index is 6.04. The van der Waals surface area contributed by atoms with Gasteiger partial charge in [0.2, 0.25) is 0 Å². The molecule has 2 aromatic rings. The lowest BCUT2D eigenvalue weighted by Gasteiger charge is -2.02. The summed E-state index contributed by atoms with van der Waals surface area (Å²) in [7, 11) is 0. The van der Waals surface area contributed by atoms with Crippen molar-refractivity contribution < 1.29 is 0 Å². The first-order valence-corrected chi connectivity index (χ1v) is 6.19. The van der Waals surface area contributed by atoms with Crippen LogP contribution in [0.2, 0.25) is 5.02 Å². The average molecular weight is 258 g/mol. The van der Waals surface area contributed by atoms with Gasteiger partial charge in [0.25, 0.3) is 0 Å². The van der Waals surface area contributed by atoms with Gasteiger partial charge in [-0.25, -0.2) is 4.98 Å². The van der Waals surface area contributed by atoms with Crippen LogP contribution in [0.5, 0.6) is 0 Å². The summed E-state index contributed by atoms with van der Waals surface area (Å²) < 4.78 is 4.84. The molecule has 6 heteroatoms. The number of hydrogen-bond acceptors (Lipinski definition) is 5. The van der Waals surface area contributed by atoms with E-state index in [1.165, 1.54) is 11.5 Å². The van der Waals surface area contributed by atoms with Crippen LogP contribution in [0, 0.1) is 0 Å². The SMILES string of the molecule is NCc1ccc(Sc2ncns2)cc1Cl. The molecule has 3 nitrogen and oxygen atoms in total. The molecule has 2 N–H and O–H groups in total. The van der Waals surface area contributed by atoms with Gasteiger partial charge < -0.3 is 5.73 Å². The van der Waals surface area contributed by atoms with Crippen molar-refractivity contribution in [2.75, 3.05) is 0 Å². The zero-order chi connectivity index (χ0) is 10.7. The van der Waals surface area contributed by atoms with E-state index in [0.717, 1.165) is 14.8 Å². The Kier molecular flexibility index (Phi) is 3.58. The number of nitrogens with zero attached hydrogens (tertiary/aromatic N) is 2. The molecular weight excluding hydrogens is 250 g/mol. The minimum atomic E-state index is 0.461. The third-order valence-corrected chi connectivity index (χ3v) is 3.85. The topological polar surface area (TPSA) is 51.8 Å². The van der Waals surface area contributed by atoms with E-state index in [9.17, 15) is 0 Å². The Morgan fingerprint density at radius 2 is 2.33 bits per heavy atom. The summed E-state index contributed by atoms with van der Waals surface area (Å²) in [6.45, 7) is 0.461. The summed E-state index contributed by atoms with van der Waals surface area (Å²) in [5, 5.41) is 0.701. The van der Waals surface area contributed by atoms with E-state index in [0.29, 0.717) is 11.6 Å². The van der Waals surface area contributed by atoms with Crippen molar-refractivity contribution in [1.82, 2.24) is 9.36 Å². The molecule has 0 bridgehead atoms. The zero-order valence-electron chi connectivity index (χ0n) is 7.68. The fraction of sp³-hybridized carbons (Fsp3) is 0.111. The quantitative estimate of drug-likeness (QED) is 0.919. The number of aromatic nitrogens is 2. The van der Waals surface area contributed by atoms with Crippen molar-refractivity contribution in [1.29, 1.82) is 0 Å². The second kappa shape index (κ2) is 4.94. The highest BCUT2D eigenvalue weighted by atomic mass is 35.5. The summed E-state index contributed by atoms with van der Waals surface area (Å²) in [6.07, 6.45) is 1.54. The molecule has 0 spiro atoms. The van der Waals surface area contributed by atoms with E-state index >= 15 is 0 Å². The lowest BCUT2D eigenvalue weighted by Crippen LogP contribution is -1.96. The molecule has 78 valence electrons. The van der Waals surface area contributed by atoms with Crippen LogP contribution in [0.1, 0.15) is 5.56 Å². The van der Waals surface area contributed by atoms with Crippen LogP contribution < -0.4 is 5.73 Å². The van der Waals surface area contributed by atoms with E-state index in [2.05, 4.69) is 9.36 Å². The highest BCUT2D eigenvalue weighted by Crippen LogP contribution is 2.30. The van der Waals surface area contributed by atoms with Gasteiger partial charge in [-0.15, -0.1) is 0 Å². The summed E-state index contributed by atoms with van der Waals surface area (Å²) >= 11 is 8.96. The second-order valence-corrected chi connectivity index (χ2v) is 5.27. The van der Waals surface area contributed by atoms with E-state index < -0.39 is 0 Å². The third kappa shape index (κ3) is 2.69. The van der Waals surface area contributed by atoms with Crippen molar-refractivity contribution in [2.24, 2.45) is 5.73 Å².